The zero-order valence-corrected chi connectivity index (χ0v) is 14.0. The smallest absolute Gasteiger partial charge is 0.0540 e. The van der Waals surface area contributed by atoms with Gasteiger partial charge in [-0.25, -0.2) is 0 Å². The maximum absolute atomic E-state index is 4.42. The number of hydrogen-bond acceptors (Lipinski definition) is 2. The van der Waals surface area contributed by atoms with Gasteiger partial charge >= 0.3 is 0 Å². The lowest BCUT2D eigenvalue weighted by Crippen LogP contribution is -2.26. The average Bonchev–Trinajstić information content (AvgIpc) is 2.88. The summed E-state index contributed by atoms with van der Waals surface area (Å²) in [6, 6.07) is 0.548. The third-order valence-electron chi connectivity index (χ3n) is 4.80. The molecule has 3 heteroatoms. The quantitative estimate of drug-likeness (QED) is 0.642. The van der Waals surface area contributed by atoms with Crippen molar-refractivity contribution in [3.8, 4) is 0 Å². The lowest BCUT2D eigenvalue weighted by Gasteiger charge is -2.23. The van der Waals surface area contributed by atoms with Gasteiger partial charge in [0.2, 0.25) is 0 Å². The predicted octanol–water partition coefficient (Wildman–Crippen LogP) is 4.53. The Morgan fingerprint density at radius 1 is 1.14 bits per heavy atom. The molecule has 0 aliphatic heterocycles. The third kappa shape index (κ3) is 5.14. The van der Waals surface area contributed by atoms with Crippen LogP contribution in [0.15, 0.2) is 6.20 Å². The highest BCUT2D eigenvalue weighted by Gasteiger charge is 2.22. The average molecular weight is 291 g/mol. The van der Waals surface area contributed by atoms with E-state index in [1.807, 2.05) is 0 Å². The van der Waals surface area contributed by atoms with E-state index in [-0.39, 0.29) is 0 Å². The molecule has 1 aliphatic carbocycles. The number of rotatable bonds is 10. The first-order valence-electron chi connectivity index (χ1n) is 9.07. The van der Waals surface area contributed by atoms with Crippen molar-refractivity contribution < 1.29 is 0 Å². The van der Waals surface area contributed by atoms with Gasteiger partial charge in [-0.1, -0.05) is 51.9 Å². The van der Waals surface area contributed by atoms with Crippen LogP contribution in [0.3, 0.4) is 0 Å². The fourth-order valence-electron chi connectivity index (χ4n) is 3.45. The van der Waals surface area contributed by atoms with Crippen LogP contribution in [0.4, 0.5) is 0 Å². The Hall–Kier alpha value is -0.830. The lowest BCUT2D eigenvalue weighted by molar-refractivity contribution is 0.441. The lowest BCUT2D eigenvalue weighted by atomic mass is 9.93. The molecule has 0 aromatic carbocycles. The van der Waals surface area contributed by atoms with Crippen LogP contribution in [0.1, 0.15) is 88.4 Å². The number of hydrogen-bond donors (Lipinski definition) is 1. The van der Waals surface area contributed by atoms with Gasteiger partial charge in [-0.15, -0.1) is 0 Å². The van der Waals surface area contributed by atoms with Crippen molar-refractivity contribution in [3.63, 3.8) is 0 Å². The molecule has 0 fully saturated rings. The van der Waals surface area contributed by atoms with Crippen molar-refractivity contribution in [2.75, 3.05) is 6.54 Å². The molecular weight excluding hydrogens is 258 g/mol. The largest absolute Gasteiger partial charge is 0.310 e. The summed E-state index contributed by atoms with van der Waals surface area (Å²) in [6.07, 6.45) is 17.0. The predicted molar refractivity (Wildman–Crippen MR) is 89.5 cm³/mol. The Balaban J connectivity index is 1.56. The van der Waals surface area contributed by atoms with Crippen LogP contribution in [0.25, 0.3) is 0 Å². The Labute approximate surface area is 130 Å². The highest BCUT2D eigenvalue weighted by atomic mass is 15.3. The van der Waals surface area contributed by atoms with Gasteiger partial charge < -0.3 is 5.32 Å². The number of nitrogens with zero attached hydrogens (tertiary/aromatic N) is 2. The van der Waals surface area contributed by atoms with Crippen molar-refractivity contribution in [1.29, 1.82) is 0 Å². The molecule has 21 heavy (non-hydrogen) atoms. The molecule has 120 valence electrons. The highest BCUT2D eigenvalue weighted by molar-refractivity contribution is 5.24. The van der Waals surface area contributed by atoms with E-state index < -0.39 is 0 Å². The van der Waals surface area contributed by atoms with Crippen LogP contribution in [-0.2, 0) is 13.5 Å². The van der Waals surface area contributed by atoms with Gasteiger partial charge in [0.1, 0.15) is 0 Å². The Morgan fingerprint density at radius 3 is 2.62 bits per heavy atom. The molecular formula is C18H33N3. The van der Waals surface area contributed by atoms with Gasteiger partial charge in [-0.2, -0.15) is 5.10 Å². The summed E-state index contributed by atoms with van der Waals surface area (Å²) in [5.41, 5.74) is 2.89. The molecule has 0 saturated heterocycles. The number of fused-ring (bicyclic) bond motifs is 1. The van der Waals surface area contributed by atoms with Gasteiger partial charge in [0.15, 0.2) is 0 Å². The summed E-state index contributed by atoms with van der Waals surface area (Å²) in [5, 5.41) is 8.17. The molecule has 0 saturated carbocycles. The normalized spacial score (nSPS) is 17.9. The monoisotopic (exact) mass is 291 g/mol. The number of aryl methyl sites for hydroxylation is 1. The molecule has 1 aliphatic rings. The summed E-state index contributed by atoms with van der Waals surface area (Å²) < 4.78 is 2.06. The van der Waals surface area contributed by atoms with E-state index in [0.29, 0.717) is 6.04 Å². The maximum Gasteiger partial charge on any atom is 0.0540 e. The van der Waals surface area contributed by atoms with Crippen LogP contribution < -0.4 is 5.32 Å². The van der Waals surface area contributed by atoms with Crippen molar-refractivity contribution in [2.24, 2.45) is 7.05 Å². The second-order valence-corrected chi connectivity index (χ2v) is 6.54. The van der Waals surface area contributed by atoms with Crippen LogP contribution >= 0.6 is 0 Å². The molecule has 1 heterocycles. The van der Waals surface area contributed by atoms with Gasteiger partial charge in [-0.05, 0) is 32.2 Å². The first-order valence-corrected chi connectivity index (χ1v) is 9.07. The van der Waals surface area contributed by atoms with Crippen molar-refractivity contribution in [3.05, 3.63) is 17.5 Å². The van der Waals surface area contributed by atoms with Gasteiger partial charge in [-0.3, -0.25) is 4.68 Å². The van der Waals surface area contributed by atoms with Crippen LogP contribution in [-0.4, -0.2) is 16.3 Å². The van der Waals surface area contributed by atoms with Gasteiger partial charge in [0.25, 0.3) is 0 Å². The molecule has 0 bridgehead atoms. The molecule has 0 amide bonds. The minimum Gasteiger partial charge on any atom is -0.310 e. The highest BCUT2D eigenvalue weighted by Crippen LogP contribution is 2.29. The fraction of sp³-hybridized carbons (Fsp3) is 0.833. The van der Waals surface area contributed by atoms with E-state index in [2.05, 4.69) is 35.3 Å². The summed E-state index contributed by atoms with van der Waals surface area (Å²) >= 11 is 0. The first kappa shape index (κ1) is 16.5. The summed E-state index contributed by atoms with van der Waals surface area (Å²) in [7, 11) is 2.07. The zero-order chi connectivity index (χ0) is 14.9. The van der Waals surface area contributed by atoms with E-state index in [1.165, 1.54) is 81.9 Å². The fourth-order valence-corrected chi connectivity index (χ4v) is 3.45. The SMILES string of the molecule is CCCCCCCCCCNC1CCCc2c1cnn2C. The Bertz CT molecular complexity index is 397. The summed E-state index contributed by atoms with van der Waals surface area (Å²) in [6.45, 7) is 3.44. The first-order chi connectivity index (χ1) is 10.3. The van der Waals surface area contributed by atoms with E-state index in [4.69, 9.17) is 0 Å². The van der Waals surface area contributed by atoms with Crippen LogP contribution in [0.2, 0.25) is 0 Å². The second kappa shape index (κ2) is 9.24. The van der Waals surface area contributed by atoms with Crippen LogP contribution in [0.5, 0.6) is 0 Å². The molecule has 0 spiro atoms. The van der Waals surface area contributed by atoms with Crippen molar-refractivity contribution in [1.82, 2.24) is 15.1 Å². The minimum absolute atomic E-state index is 0.548. The molecule has 0 radical (unpaired) electrons. The van der Waals surface area contributed by atoms with Crippen molar-refractivity contribution >= 4 is 0 Å². The summed E-state index contributed by atoms with van der Waals surface area (Å²) in [5.74, 6) is 0. The second-order valence-electron chi connectivity index (χ2n) is 6.54. The van der Waals surface area contributed by atoms with E-state index in [9.17, 15) is 0 Å². The molecule has 1 N–H and O–H groups in total. The Morgan fingerprint density at radius 2 is 1.86 bits per heavy atom. The van der Waals surface area contributed by atoms with E-state index >= 15 is 0 Å². The molecule has 1 aromatic heterocycles. The molecule has 2 rings (SSSR count). The minimum atomic E-state index is 0.548. The molecule has 3 nitrogen and oxygen atoms in total. The third-order valence-corrected chi connectivity index (χ3v) is 4.80. The van der Waals surface area contributed by atoms with Crippen molar-refractivity contribution in [2.45, 2.75) is 83.6 Å². The zero-order valence-electron chi connectivity index (χ0n) is 14.0. The topological polar surface area (TPSA) is 29.9 Å². The standard InChI is InChI=1S/C18H33N3/c1-3-4-5-6-7-8-9-10-14-19-17-12-11-13-18-16(17)15-20-21(18)2/h15,17,19H,3-14H2,1-2H3. The summed E-state index contributed by atoms with van der Waals surface area (Å²) in [4.78, 5) is 0. The van der Waals surface area contributed by atoms with Gasteiger partial charge in [0.05, 0.1) is 6.20 Å². The molecule has 1 aromatic rings. The van der Waals surface area contributed by atoms with E-state index in [0.717, 1.165) is 6.54 Å². The number of aromatic nitrogens is 2. The van der Waals surface area contributed by atoms with Gasteiger partial charge in [0, 0.05) is 24.3 Å². The molecule has 1 atom stereocenters. The number of nitrogens with one attached hydrogen (secondary N) is 1. The van der Waals surface area contributed by atoms with Crippen LogP contribution in [0, 0.1) is 0 Å². The number of unbranched alkanes of at least 4 members (excludes halogenated alkanes) is 7. The molecule has 1 unspecified atom stereocenters. The Kier molecular flexibility index (Phi) is 7.28. The van der Waals surface area contributed by atoms with E-state index in [1.54, 1.807) is 0 Å². The maximum atomic E-state index is 4.42.